The van der Waals surface area contributed by atoms with Crippen molar-refractivity contribution in [2.45, 2.75) is 50.7 Å². The van der Waals surface area contributed by atoms with E-state index in [1.54, 1.807) is 0 Å². The first-order valence-electron chi connectivity index (χ1n) is 6.37. The summed E-state index contributed by atoms with van der Waals surface area (Å²) in [5, 5.41) is 0. The van der Waals surface area contributed by atoms with Crippen molar-refractivity contribution in [3.05, 3.63) is 34.3 Å². The Morgan fingerprint density at radius 1 is 1.32 bits per heavy atom. The van der Waals surface area contributed by atoms with E-state index in [0.29, 0.717) is 6.42 Å². The van der Waals surface area contributed by atoms with Gasteiger partial charge in [-0.3, -0.25) is 4.79 Å². The monoisotopic (exact) mass is 325 g/mol. The zero-order valence-electron chi connectivity index (χ0n) is 11.8. The highest BCUT2D eigenvalue weighted by Crippen LogP contribution is 2.56. The smallest absolute Gasteiger partial charge is 0.327 e. The van der Waals surface area contributed by atoms with Gasteiger partial charge >= 0.3 is 5.97 Å². The van der Waals surface area contributed by atoms with Gasteiger partial charge in [-0.25, -0.2) is 0 Å². The number of hydrogen-bond donors (Lipinski definition) is 1. The molecule has 19 heavy (non-hydrogen) atoms. The van der Waals surface area contributed by atoms with Crippen LogP contribution < -0.4 is 5.73 Å². The molecule has 2 unspecified atom stereocenters. The molecular weight excluding hydrogens is 306 g/mol. The molecule has 0 saturated heterocycles. The van der Waals surface area contributed by atoms with E-state index in [9.17, 15) is 4.79 Å². The number of ether oxygens (including phenoxy) is 1. The fourth-order valence-electron chi connectivity index (χ4n) is 2.36. The van der Waals surface area contributed by atoms with E-state index in [1.807, 2.05) is 52.0 Å². The van der Waals surface area contributed by atoms with E-state index in [4.69, 9.17) is 10.5 Å². The van der Waals surface area contributed by atoms with Crippen molar-refractivity contribution in [1.29, 1.82) is 0 Å². The summed E-state index contributed by atoms with van der Waals surface area (Å²) in [4.78, 5) is 12.2. The zero-order chi connectivity index (χ0) is 14.5. The number of carbonyl (C=O) groups is 1. The summed E-state index contributed by atoms with van der Waals surface area (Å²) < 4.78 is 6.45. The van der Waals surface area contributed by atoms with Crippen LogP contribution in [0.25, 0.3) is 0 Å². The summed E-state index contributed by atoms with van der Waals surface area (Å²) in [7, 11) is 0. The van der Waals surface area contributed by atoms with E-state index in [0.717, 1.165) is 10.0 Å². The lowest BCUT2D eigenvalue weighted by molar-refractivity contribution is -0.158. The van der Waals surface area contributed by atoms with Crippen LogP contribution in [0.5, 0.6) is 0 Å². The summed E-state index contributed by atoms with van der Waals surface area (Å²) in [6, 6.07) is 7.94. The van der Waals surface area contributed by atoms with Crippen LogP contribution in [0.1, 0.15) is 39.7 Å². The minimum atomic E-state index is -0.909. The summed E-state index contributed by atoms with van der Waals surface area (Å²) in [5.74, 6) is -0.314. The van der Waals surface area contributed by atoms with Gasteiger partial charge in [0.15, 0.2) is 0 Å². The maximum Gasteiger partial charge on any atom is 0.327 e. The molecule has 4 heteroatoms. The Balaban J connectivity index is 2.21. The first-order chi connectivity index (χ1) is 8.58. The summed E-state index contributed by atoms with van der Waals surface area (Å²) in [6.07, 6.45) is 0.622. The van der Waals surface area contributed by atoms with Gasteiger partial charge in [-0.05, 0) is 44.9 Å². The fraction of sp³-hybridized carbons (Fsp3) is 0.533. The predicted molar refractivity (Wildman–Crippen MR) is 78.9 cm³/mol. The maximum absolute atomic E-state index is 12.2. The van der Waals surface area contributed by atoms with Gasteiger partial charge in [0.1, 0.15) is 11.1 Å². The van der Waals surface area contributed by atoms with Crippen LogP contribution in [0.4, 0.5) is 0 Å². The molecule has 0 aromatic heterocycles. The van der Waals surface area contributed by atoms with Crippen molar-refractivity contribution >= 4 is 21.9 Å². The number of rotatable bonds is 2. The lowest BCUT2D eigenvalue weighted by Crippen LogP contribution is -2.44. The molecule has 1 aromatic carbocycles. The molecule has 0 spiro atoms. The highest BCUT2D eigenvalue weighted by Gasteiger charge is 2.69. The Labute approximate surface area is 122 Å². The molecule has 1 aromatic rings. The number of carbonyl (C=O) groups excluding carboxylic acids is 1. The molecule has 2 rings (SSSR count). The van der Waals surface area contributed by atoms with Gasteiger partial charge < -0.3 is 10.5 Å². The average Bonchev–Trinajstić information content (AvgIpc) is 2.83. The first-order valence-corrected chi connectivity index (χ1v) is 7.16. The standard InChI is InChI=1S/C15H20BrNO2/c1-13(2,3)19-12(18)15(17)9-14(15,4)10-5-7-11(16)8-6-10/h5-8H,9,17H2,1-4H3. The molecule has 104 valence electrons. The Hall–Kier alpha value is -0.870. The van der Waals surface area contributed by atoms with Crippen LogP contribution in [0.15, 0.2) is 28.7 Å². The number of hydrogen-bond acceptors (Lipinski definition) is 3. The van der Waals surface area contributed by atoms with Gasteiger partial charge in [-0.15, -0.1) is 0 Å². The minimum absolute atomic E-state index is 0.314. The van der Waals surface area contributed by atoms with Gasteiger partial charge in [0.2, 0.25) is 0 Å². The number of halogens is 1. The molecule has 2 atom stereocenters. The van der Waals surface area contributed by atoms with Crippen LogP contribution in [0, 0.1) is 0 Å². The quantitative estimate of drug-likeness (QED) is 0.850. The van der Waals surface area contributed by atoms with Crippen LogP contribution in [-0.4, -0.2) is 17.1 Å². The second-order valence-electron chi connectivity index (χ2n) is 6.49. The van der Waals surface area contributed by atoms with Gasteiger partial charge in [0, 0.05) is 9.89 Å². The van der Waals surface area contributed by atoms with Crippen molar-refractivity contribution in [3.63, 3.8) is 0 Å². The Kier molecular flexibility index (Phi) is 3.30. The lowest BCUT2D eigenvalue weighted by atomic mass is 9.93. The number of nitrogens with two attached hydrogens (primary N) is 1. The van der Waals surface area contributed by atoms with Crippen molar-refractivity contribution in [2.75, 3.05) is 0 Å². The SMILES string of the molecule is CC(C)(C)OC(=O)C1(N)CC1(C)c1ccc(Br)cc1. The normalized spacial score (nSPS) is 30.0. The van der Waals surface area contributed by atoms with Gasteiger partial charge in [0.05, 0.1) is 0 Å². The molecule has 0 aliphatic heterocycles. The van der Waals surface area contributed by atoms with E-state index in [2.05, 4.69) is 15.9 Å². The molecule has 1 aliphatic carbocycles. The lowest BCUT2D eigenvalue weighted by Gasteiger charge is -2.24. The van der Waals surface area contributed by atoms with E-state index < -0.39 is 11.1 Å². The molecule has 0 bridgehead atoms. The van der Waals surface area contributed by atoms with Crippen LogP contribution in [0.2, 0.25) is 0 Å². The largest absolute Gasteiger partial charge is 0.459 e. The number of benzene rings is 1. The fourth-order valence-corrected chi connectivity index (χ4v) is 2.62. The van der Waals surface area contributed by atoms with Crippen molar-refractivity contribution < 1.29 is 9.53 Å². The highest BCUT2D eigenvalue weighted by atomic mass is 79.9. The van der Waals surface area contributed by atoms with Crippen molar-refractivity contribution in [1.82, 2.24) is 0 Å². The van der Waals surface area contributed by atoms with Gasteiger partial charge in [-0.1, -0.05) is 35.0 Å². The number of esters is 1. The third kappa shape index (κ3) is 2.56. The topological polar surface area (TPSA) is 52.3 Å². The van der Waals surface area contributed by atoms with Crippen LogP contribution >= 0.6 is 15.9 Å². The zero-order valence-corrected chi connectivity index (χ0v) is 13.4. The maximum atomic E-state index is 12.2. The molecule has 0 amide bonds. The van der Waals surface area contributed by atoms with Gasteiger partial charge in [0.25, 0.3) is 0 Å². The molecule has 3 nitrogen and oxygen atoms in total. The molecule has 1 fully saturated rings. The van der Waals surface area contributed by atoms with Crippen molar-refractivity contribution in [2.24, 2.45) is 5.73 Å². The Morgan fingerprint density at radius 3 is 2.32 bits per heavy atom. The predicted octanol–water partition coefficient (Wildman–Crippen LogP) is 3.15. The van der Waals surface area contributed by atoms with Crippen LogP contribution in [0.3, 0.4) is 0 Å². The molecular formula is C15H20BrNO2. The van der Waals surface area contributed by atoms with Gasteiger partial charge in [-0.2, -0.15) is 0 Å². The summed E-state index contributed by atoms with van der Waals surface area (Å²) in [6.45, 7) is 7.58. The van der Waals surface area contributed by atoms with Crippen molar-refractivity contribution in [3.8, 4) is 0 Å². The third-order valence-electron chi connectivity index (χ3n) is 3.74. The molecule has 0 radical (unpaired) electrons. The summed E-state index contributed by atoms with van der Waals surface area (Å²) in [5.41, 5.74) is 5.58. The molecule has 1 saturated carbocycles. The highest BCUT2D eigenvalue weighted by molar-refractivity contribution is 9.10. The summed E-state index contributed by atoms with van der Waals surface area (Å²) >= 11 is 3.41. The third-order valence-corrected chi connectivity index (χ3v) is 4.27. The van der Waals surface area contributed by atoms with E-state index >= 15 is 0 Å². The second-order valence-corrected chi connectivity index (χ2v) is 7.40. The van der Waals surface area contributed by atoms with E-state index in [-0.39, 0.29) is 11.4 Å². The molecule has 0 heterocycles. The Bertz CT molecular complexity index is 506. The Morgan fingerprint density at radius 2 is 1.84 bits per heavy atom. The first kappa shape index (κ1) is 14.5. The molecule has 1 aliphatic rings. The second kappa shape index (κ2) is 4.32. The van der Waals surface area contributed by atoms with E-state index in [1.165, 1.54) is 0 Å². The minimum Gasteiger partial charge on any atom is -0.459 e. The average molecular weight is 326 g/mol. The van der Waals surface area contributed by atoms with Crippen LogP contribution in [-0.2, 0) is 14.9 Å². The molecule has 2 N–H and O–H groups in total.